The van der Waals surface area contributed by atoms with Gasteiger partial charge < -0.3 is 5.73 Å². The van der Waals surface area contributed by atoms with Crippen LogP contribution in [0.15, 0.2) is 0 Å². The molecule has 2 fully saturated rings. The lowest BCUT2D eigenvalue weighted by Gasteiger charge is -2.43. The van der Waals surface area contributed by atoms with Crippen LogP contribution in [0.3, 0.4) is 0 Å². The van der Waals surface area contributed by atoms with Crippen LogP contribution in [-0.2, 0) is 0 Å². The fraction of sp³-hybridized carbons (Fsp3) is 1.00. The zero-order chi connectivity index (χ0) is 11.8. The van der Waals surface area contributed by atoms with Crippen LogP contribution in [-0.4, -0.2) is 29.6 Å². The average molecular weight is 224 g/mol. The molecule has 2 aliphatic rings. The topological polar surface area (TPSA) is 29.3 Å². The van der Waals surface area contributed by atoms with Gasteiger partial charge in [0.1, 0.15) is 0 Å². The van der Waals surface area contributed by atoms with E-state index in [9.17, 15) is 0 Å². The maximum Gasteiger partial charge on any atom is 0.0309 e. The maximum atomic E-state index is 6.08. The molecule has 0 aromatic rings. The van der Waals surface area contributed by atoms with Crippen molar-refractivity contribution in [3.8, 4) is 0 Å². The predicted octanol–water partition coefficient (Wildman–Crippen LogP) is 2.62. The summed E-state index contributed by atoms with van der Waals surface area (Å²) < 4.78 is 0. The van der Waals surface area contributed by atoms with Gasteiger partial charge in [0.05, 0.1) is 0 Å². The number of hydrogen-bond donors (Lipinski definition) is 1. The summed E-state index contributed by atoms with van der Waals surface area (Å²) in [5.74, 6) is 1.74. The Hall–Kier alpha value is -0.0800. The lowest BCUT2D eigenvalue weighted by atomic mass is 9.89. The minimum absolute atomic E-state index is 0.270. The Bertz CT molecular complexity index is 235. The smallest absolute Gasteiger partial charge is 0.0309 e. The number of nitrogens with two attached hydrogens (primary N) is 1. The van der Waals surface area contributed by atoms with Crippen molar-refractivity contribution in [2.24, 2.45) is 17.6 Å². The zero-order valence-electron chi connectivity index (χ0n) is 11.2. The monoisotopic (exact) mass is 224 g/mol. The summed E-state index contributed by atoms with van der Waals surface area (Å²) in [6.45, 7) is 9.20. The van der Waals surface area contributed by atoms with Crippen molar-refractivity contribution in [3.63, 3.8) is 0 Å². The van der Waals surface area contributed by atoms with Crippen LogP contribution < -0.4 is 5.73 Å². The van der Waals surface area contributed by atoms with E-state index in [4.69, 9.17) is 5.73 Å². The van der Waals surface area contributed by atoms with Crippen LogP contribution in [0.1, 0.15) is 52.9 Å². The van der Waals surface area contributed by atoms with Gasteiger partial charge in [-0.2, -0.15) is 0 Å². The van der Waals surface area contributed by atoms with Crippen LogP contribution in [0, 0.1) is 11.8 Å². The van der Waals surface area contributed by atoms with E-state index in [1.807, 2.05) is 0 Å². The summed E-state index contributed by atoms with van der Waals surface area (Å²) in [6.07, 6.45) is 6.94. The van der Waals surface area contributed by atoms with E-state index in [2.05, 4.69) is 25.7 Å². The number of hydrogen-bond acceptors (Lipinski definition) is 2. The standard InChI is InChI=1S/C14H28N2/c1-11(2)13-5-4-8-16(13)14(3,10-15)9-12-6-7-12/h11-13H,4-10,15H2,1-3H3. The lowest BCUT2D eigenvalue weighted by Crippen LogP contribution is -2.55. The quantitative estimate of drug-likeness (QED) is 0.778. The van der Waals surface area contributed by atoms with Crippen LogP contribution >= 0.6 is 0 Å². The molecular weight excluding hydrogens is 196 g/mol. The van der Waals surface area contributed by atoms with Gasteiger partial charge in [0.25, 0.3) is 0 Å². The molecule has 1 aliphatic heterocycles. The molecule has 1 saturated carbocycles. The van der Waals surface area contributed by atoms with E-state index < -0.39 is 0 Å². The number of rotatable bonds is 5. The van der Waals surface area contributed by atoms with Gasteiger partial charge in [-0.1, -0.05) is 26.7 Å². The molecule has 16 heavy (non-hydrogen) atoms. The Balaban J connectivity index is 2.05. The average Bonchev–Trinajstić information content (AvgIpc) is 2.90. The Labute approximate surface area is 101 Å². The SMILES string of the molecule is CC(C)C1CCCN1C(C)(CN)CC1CC1. The van der Waals surface area contributed by atoms with Crippen molar-refractivity contribution in [3.05, 3.63) is 0 Å². The molecule has 0 bridgehead atoms. The summed E-state index contributed by atoms with van der Waals surface area (Å²) in [7, 11) is 0. The van der Waals surface area contributed by atoms with Crippen molar-refractivity contribution in [1.29, 1.82) is 0 Å². The highest BCUT2D eigenvalue weighted by Gasteiger charge is 2.42. The minimum Gasteiger partial charge on any atom is -0.329 e. The third-order valence-electron chi connectivity index (χ3n) is 4.63. The van der Waals surface area contributed by atoms with Crippen molar-refractivity contribution in [2.75, 3.05) is 13.1 Å². The molecular formula is C14H28N2. The zero-order valence-corrected chi connectivity index (χ0v) is 11.2. The van der Waals surface area contributed by atoms with Gasteiger partial charge in [0, 0.05) is 18.1 Å². The van der Waals surface area contributed by atoms with Crippen molar-refractivity contribution < 1.29 is 0 Å². The number of likely N-dealkylation sites (tertiary alicyclic amines) is 1. The first kappa shape index (κ1) is 12.4. The fourth-order valence-electron chi connectivity index (χ4n) is 3.42. The van der Waals surface area contributed by atoms with Crippen LogP contribution in [0.25, 0.3) is 0 Å². The van der Waals surface area contributed by atoms with E-state index in [0.29, 0.717) is 0 Å². The third-order valence-corrected chi connectivity index (χ3v) is 4.63. The van der Waals surface area contributed by atoms with Gasteiger partial charge in [-0.3, -0.25) is 4.90 Å². The molecule has 2 atom stereocenters. The van der Waals surface area contributed by atoms with Gasteiger partial charge >= 0.3 is 0 Å². The molecule has 0 spiro atoms. The maximum absolute atomic E-state index is 6.08. The molecule has 1 heterocycles. The summed E-state index contributed by atoms with van der Waals surface area (Å²) in [5, 5.41) is 0. The van der Waals surface area contributed by atoms with E-state index in [1.165, 1.54) is 38.6 Å². The summed E-state index contributed by atoms with van der Waals surface area (Å²) >= 11 is 0. The van der Waals surface area contributed by atoms with Gasteiger partial charge in [-0.25, -0.2) is 0 Å². The van der Waals surface area contributed by atoms with Crippen LogP contribution in [0.2, 0.25) is 0 Å². The Morgan fingerprint density at radius 2 is 2.00 bits per heavy atom. The van der Waals surface area contributed by atoms with Gasteiger partial charge in [-0.05, 0) is 44.6 Å². The molecule has 0 aromatic carbocycles. The van der Waals surface area contributed by atoms with E-state index >= 15 is 0 Å². The van der Waals surface area contributed by atoms with Crippen LogP contribution in [0.4, 0.5) is 0 Å². The van der Waals surface area contributed by atoms with E-state index in [0.717, 1.165) is 24.4 Å². The molecule has 0 radical (unpaired) electrons. The third kappa shape index (κ3) is 2.43. The molecule has 2 heteroatoms. The first-order valence-corrected chi connectivity index (χ1v) is 7.03. The largest absolute Gasteiger partial charge is 0.329 e. The first-order valence-electron chi connectivity index (χ1n) is 7.03. The Morgan fingerprint density at radius 3 is 2.50 bits per heavy atom. The molecule has 1 aliphatic carbocycles. The predicted molar refractivity (Wildman–Crippen MR) is 69.4 cm³/mol. The molecule has 1 saturated heterocycles. The van der Waals surface area contributed by atoms with Gasteiger partial charge in [-0.15, -0.1) is 0 Å². The highest BCUT2D eigenvalue weighted by atomic mass is 15.2. The Morgan fingerprint density at radius 1 is 1.31 bits per heavy atom. The molecule has 2 nitrogen and oxygen atoms in total. The second-order valence-corrected chi connectivity index (χ2v) is 6.50. The normalized spacial score (nSPS) is 30.9. The van der Waals surface area contributed by atoms with E-state index in [1.54, 1.807) is 0 Å². The fourth-order valence-corrected chi connectivity index (χ4v) is 3.42. The lowest BCUT2D eigenvalue weighted by molar-refractivity contribution is 0.0621. The Kier molecular flexibility index (Phi) is 3.60. The molecule has 2 unspecified atom stereocenters. The first-order chi connectivity index (χ1) is 7.57. The van der Waals surface area contributed by atoms with Crippen molar-refractivity contribution >= 4 is 0 Å². The molecule has 2 N–H and O–H groups in total. The molecule has 0 aromatic heterocycles. The second-order valence-electron chi connectivity index (χ2n) is 6.50. The molecule has 94 valence electrons. The summed E-state index contributed by atoms with van der Waals surface area (Å²) in [6, 6.07) is 0.771. The van der Waals surface area contributed by atoms with Gasteiger partial charge in [0.15, 0.2) is 0 Å². The second kappa shape index (κ2) is 4.66. The minimum atomic E-state index is 0.270. The number of nitrogens with zero attached hydrogens (tertiary/aromatic N) is 1. The summed E-state index contributed by atoms with van der Waals surface area (Å²) in [5.41, 5.74) is 6.35. The highest BCUT2D eigenvalue weighted by Crippen LogP contribution is 2.41. The van der Waals surface area contributed by atoms with Gasteiger partial charge in [0.2, 0.25) is 0 Å². The molecule has 0 amide bonds. The summed E-state index contributed by atoms with van der Waals surface area (Å²) in [4.78, 5) is 2.73. The van der Waals surface area contributed by atoms with Crippen molar-refractivity contribution in [2.45, 2.75) is 64.5 Å². The van der Waals surface area contributed by atoms with E-state index in [-0.39, 0.29) is 5.54 Å². The van der Waals surface area contributed by atoms with Crippen molar-refractivity contribution in [1.82, 2.24) is 4.90 Å². The van der Waals surface area contributed by atoms with Crippen LogP contribution in [0.5, 0.6) is 0 Å². The molecule has 2 rings (SSSR count). The highest BCUT2D eigenvalue weighted by molar-refractivity contribution is 4.98.